The summed E-state index contributed by atoms with van der Waals surface area (Å²) in [5.74, 6) is -4.98. The minimum atomic E-state index is -5.08. The Balaban J connectivity index is 0.000000470. The summed E-state index contributed by atoms with van der Waals surface area (Å²) in [4.78, 5) is 34.1. The number of pyridine rings is 1. The highest BCUT2D eigenvalue weighted by atomic mass is 35.5. The molecule has 3 heterocycles. The van der Waals surface area contributed by atoms with E-state index < -0.39 is 18.1 Å². The smallest absolute Gasteiger partial charge is 0.475 e. The Kier molecular flexibility index (Phi) is 8.61. The molecule has 2 fully saturated rings. The molecule has 3 aromatic rings. The van der Waals surface area contributed by atoms with E-state index in [1.165, 1.54) is 0 Å². The second kappa shape index (κ2) is 11.8. The van der Waals surface area contributed by atoms with E-state index in [9.17, 15) is 26.7 Å². The molecule has 10 nitrogen and oxygen atoms in total. The predicted octanol–water partition coefficient (Wildman–Crippen LogP) is 4.98. The first-order chi connectivity index (χ1) is 18.8. The number of hydrogen-bond acceptors (Lipinski definition) is 7. The molecule has 1 aliphatic heterocycles. The van der Waals surface area contributed by atoms with Gasteiger partial charge in [-0.05, 0) is 37.1 Å². The summed E-state index contributed by atoms with van der Waals surface area (Å²) in [7, 11) is 0. The zero-order valence-corrected chi connectivity index (χ0v) is 21.6. The molecule has 2 aliphatic rings. The Hall–Kier alpha value is -3.75. The van der Waals surface area contributed by atoms with Gasteiger partial charge in [-0.3, -0.25) is 0 Å². The number of fused-ring (bicyclic) bond motifs is 1. The number of carbonyl (C=O) groups excluding carboxylic acids is 1. The highest BCUT2D eigenvalue weighted by Gasteiger charge is 2.38. The molecule has 216 valence electrons. The molecule has 0 unspecified atom stereocenters. The number of aliphatic carboxylic acids is 1. The first-order valence-electron chi connectivity index (χ1n) is 12.2. The van der Waals surface area contributed by atoms with Crippen LogP contribution in [0.2, 0.25) is 5.02 Å². The number of nitrogens with zero attached hydrogens (tertiary/aromatic N) is 5. The largest absolute Gasteiger partial charge is 0.490 e. The number of aromatic nitrogens is 3. The number of hydrogen-bond donors (Lipinski definition) is 2. The van der Waals surface area contributed by atoms with E-state index in [2.05, 4.69) is 20.4 Å². The van der Waals surface area contributed by atoms with Gasteiger partial charge in [-0.1, -0.05) is 22.8 Å². The third-order valence-corrected chi connectivity index (χ3v) is 6.66. The van der Waals surface area contributed by atoms with Gasteiger partial charge >= 0.3 is 24.2 Å². The van der Waals surface area contributed by atoms with Crippen molar-refractivity contribution in [1.82, 2.24) is 25.3 Å². The molecule has 2 N–H and O–H groups in total. The van der Waals surface area contributed by atoms with Crippen molar-refractivity contribution in [2.24, 2.45) is 0 Å². The predicted molar refractivity (Wildman–Crippen MR) is 133 cm³/mol. The minimum absolute atomic E-state index is 0.176. The summed E-state index contributed by atoms with van der Waals surface area (Å²) in [6.45, 7) is 2.01. The topological polar surface area (TPSA) is 125 Å². The number of benzene rings is 1. The van der Waals surface area contributed by atoms with Crippen molar-refractivity contribution < 1.29 is 41.2 Å². The van der Waals surface area contributed by atoms with Crippen LogP contribution in [0.25, 0.3) is 22.4 Å². The number of nitrogens with one attached hydrogen (secondary N) is 1. The summed E-state index contributed by atoms with van der Waals surface area (Å²) in [6.07, 6.45) is -4.82. The Morgan fingerprint density at radius 3 is 2.33 bits per heavy atom. The van der Waals surface area contributed by atoms with Crippen molar-refractivity contribution in [3.63, 3.8) is 0 Å². The van der Waals surface area contributed by atoms with Crippen LogP contribution in [0.3, 0.4) is 0 Å². The highest BCUT2D eigenvalue weighted by molar-refractivity contribution is 6.31. The average Bonchev–Trinajstić information content (AvgIpc) is 3.40. The fraction of sp³-hybridized carbons (Fsp3) is 0.458. The SMILES string of the molecule is O=C(NC1CCC(F)(F)CC1)N1CCN(c2nc(-c3ccc4cc(Cl)ccc4n3)no2)CC1.O=C(O)C(F)(F)F. The number of piperazine rings is 1. The standard InChI is InChI=1S/C22H23ClF2N6O2.C2HF3O2/c23-15-2-4-17-14(13-15)1-3-18(27-17)19-28-21(33-29-19)31-11-9-30(10-12-31)20(32)26-16-5-7-22(24,25)8-6-16;3-2(4,5)1(6)7/h1-4,13,16H,5-12H2,(H,26,32);(H,6,7). The Morgan fingerprint density at radius 1 is 1.05 bits per heavy atom. The lowest BCUT2D eigenvalue weighted by molar-refractivity contribution is -0.192. The number of urea groups is 1. The van der Waals surface area contributed by atoms with E-state index >= 15 is 0 Å². The van der Waals surface area contributed by atoms with Gasteiger partial charge in [0.1, 0.15) is 5.69 Å². The molecule has 16 heteroatoms. The monoisotopic (exact) mass is 590 g/mol. The molecule has 1 saturated heterocycles. The van der Waals surface area contributed by atoms with Gasteiger partial charge in [0, 0.05) is 55.5 Å². The van der Waals surface area contributed by atoms with Gasteiger partial charge < -0.3 is 24.7 Å². The average molecular weight is 591 g/mol. The molecule has 1 saturated carbocycles. The summed E-state index contributed by atoms with van der Waals surface area (Å²) in [6, 6.07) is 9.15. The lowest BCUT2D eigenvalue weighted by Gasteiger charge is -2.35. The number of carboxylic acids is 1. The van der Waals surface area contributed by atoms with Crippen molar-refractivity contribution in [3.8, 4) is 11.5 Å². The van der Waals surface area contributed by atoms with Crippen LogP contribution in [0.4, 0.5) is 32.8 Å². The van der Waals surface area contributed by atoms with Crippen LogP contribution in [0.15, 0.2) is 34.9 Å². The molecule has 5 rings (SSSR count). The van der Waals surface area contributed by atoms with Crippen molar-refractivity contribution >= 4 is 40.5 Å². The van der Waals surface area contributed by atoms with Crippen molar-refractivity contribution in [2.45, 2.75) is 43.8 Å². The van der Waals surface area contributed by atoms with Crippen molar-refractivity contribution in [1.29, 1.82) is 0 Å². The Bertz CT molecular complexity index is 1350. The number of amides is 2. The van der Waals surface area contributed by atoms with Gasteiger partial charge in [0.05, 0.1) is 5.52 Å². The van der Waals surface area contributed by atoms with Crippen LogP contribution in [0.1, 0.15) is 25.7 Å². The van der Waals surface area contributed by atoms with Gasteiger partial charge in [-0.15, -0.1) is 0 Å². The quantitative estimate of drug-likeness (QED) is 0.409. The van der Waals surface area contributed by atoms with E-state index in [1.807, 2.05) is 29.2 Å². The van der Waals surface area contributed by atoms with Gasteiger partial charge in [-0.2, -0.15) is 18.2 Å². The highest BCUT2D eigenvalue weighted by Crippen LogP contribution is 2.33. The molecule has 0 radical (unpaired) electrons. The molecule has 1 aliphatic carbocycles. The molecule has 2 aromatic heterocycles. The van der Waals surface area contributed by atoms with E-state index in [4.69, 9.17) is 26.0 Å². The van der Waals surface area contributed by atoms with Gasteiger partial charge in [0.25, 0.3) is 0 Å². The molecule has 40 heavy (non-hydrogen) atoms. The maximum Gasteiger partial charge on any atom is 0.490 e. The summed E-state index contributed by atoms with van der Waals surface area (Å²) in [5.41, 5.74) is 1.38. The Labute approximate surface area is 229 Å². The van der Waals surface area contributed by atoms with Crippen LogP contribution in [0.5, 0.6) is 0 Å². The molecule has 0 bridgehead atoms. The number of alkyl halides is 5. The van der Waals surface area contributed by atoms with Gasteiger partial charge in [-0.25, -0.2) is 23.4 Å². The van der Waals surface area contributed by atoms with Crippen LogP contribution in [-0.4, -0.2) is 81.5 Å². The number of anilines is 1. The first-order valence-corrected chi connectivity index (χ1v) is 12.6. The zero-order chi connectivity index (χ0) is 29.1. The van der Waals surface area contributed by atoms with Crippen molar-refractivity contribution in [2.75, 3.05) is 31.1 Å². The molecule has 2 amide bonds. The summed E-state index contributed by atoms with van der Waals surface area (Å²) >= 11 is 6.02. The van der Waals surface area contributed by atoms with Gasteiger partial charge in [0.15, 0.2) is 0 Å². The van der Waals surface area contributed by atoms with Gasteiger partial charge in [0.2, 0.25) is 11.7 Å². The second-order valence-electron chi connectivity index (χ2n) is 9.29. The molecule has 0 spiro atoms. The van der Waals surface area contributed by atoms with Crippen LogP contribution < -0.4 is 10.2 Å². The fourth-order valence-electron chi connectivity index (χ4n) is 4.22. The normalized spacial score (nSPS) is 17.8. The van der Waals surface area contributed by atoms with E-state index in [-0.39, 0.29) is 24.9 Å². The number of carbonyl (C=O) groups is 2. The lowest BCUT2D eigenvalue weighted by Crippen LogP contribution is -2.54. The molecule has 1 aromatic carbocycles. The van der Waals surface area contributed by atoms with E-state index in [0.717, 1.165) is 10.9 Å². The maximum atomic E-state index is 13.3. The number of rotatable bonds is 3. The van der Waals surface area contributed by atoms with Crippen LogP contribution in [-0.2, 0) is 4.79 Å². The van der Waals surface area contributed by atoms with Crippen LogP contribution >= 0.6 is 11.6 Å². The van der Waals surface area contributed by atoms with E-state index in [1.54, 1.807) is 11.0 Å². The minimum Gasteiger partial charge on any atom is -0.475 e. The number of carboxylic acid groups (broad SMARTS) is 1. The zero-order valence-electron chi connectivity index (χ0n) is 20.8. The molecular formula is C24H24ClF5N6O4. The Morgan fingerprint density at radius 2 is 1.70 bits per heavy atom. The fourth-order valence-corrected chi connectivity index (χ4v) is 4.40. The number of halogens is 6. The molecular weight excluding hydrogens is 567 g/mol. The summed E-state index contributed by atoms with van der Waals surface area (Å²) < 4.78 is 63.8. The lowest BCUT2D eigenvalue weighted by atomic mass is 9.92. The summed E-state index contributed by atoms with van der Waals surface area (Å²) in [5, 5.41) is 15.6. The maximum absolute atomic E-state index is 13.3. The second-order valence-corrected chi connectivity index (χ2v) is 9.73. The first kappa shape index (κ1) is 29.2. The third-order valence-electron chi connectivity index (χ3n) is 6.42. The van der Waals surface area contributed by atoms with Crippen molar-refractivity contribution in [3.05, 3.63) is 35.4 Å². The molecule has 0 atom stereocenters. The van der Waals surface area contributed by atoms with E-state index in [0.29, 0.717) is 61.6 Å². The van der Waals surface area contributed by atoms with Crippen LogP contribution in [0, 0.1) is 0 Å². The third kappa shape index (κ3) is 7.46.